The number of hydrogen-bond donors (Lipinski definition) is 1. The number of amides is 2. The van der Waals surface area contributed by atoms with Crippen LogP contribution in [0.15, 0.2) is 30.3 Å². The van der Waals surface area contributed by atoms with Gasteiger partial charge in [0.15, 0.2) is 0 Å². The zero-order chi connectivity index (χ0) is 15.0. The van der Waals surface area contributed by atoms with Crippen LogP contribution in [-0.4, -0.2) is 28.8 Å². The molecule has 1 saturated heterocycles. The Balaban J connectivity index is 2.48. The monoisotopic (exact) mass is 270 g/mol. The van der Waals surface area contributed by atoms with Crippen molar-refractivity contribution in [3.8, 4) is 12.3 Å². The van der Waals surface area contributed by atoms with Crippen molar-refractivity contribution >= 4 is 11.8 Å². The molecule has 1 aliphatic rings. The summed E-state index contributed by atoms with van der Waals surface area (Å²) in [6.45, 7) is 5.21. The molecule has 1 aromatic rings. The highest BCUT2D eigenvalue weighted by atomic mass is 16.2. The van der Waals surface area contributed by atoms with Gasteiger partial charge >= 0.3 is 0 Å². The lowest BCUT2D eigenvalue weighted by atomic mass is 9.86. The second-order valence-corrected chi connectivity index (χ2v) is 5.63. The number of benzene rings is 1. The van der Waals surface area contributed by atoms with Crippen molar-refractivity contribution in [2.24, 2.45) is 0 Å². The standard InChI is InChI=1S/C16H18N2O2/c1-5-15(2,3)18-11-13(19)17-16(4,14(18)20)12-9-7-6-8-10-12/h1,6-10H,11H2,2-4H3,(H,17,19). The molecule has 1 fully saturated rings. The maximum atomic E-state index is 12.8. The molecular formula is C16H18N2O2. The van der Waals surface area contributed by atoms with E-state index in [1.165, 1.54) is 4.90 Å². The van der Waals surface area contributed by atoms with E-state index >= 15 is 0 Å². The van der Waals surface area contributed by atoms with Crippen LogP contribution >= 0.6 is 0 Å². The molecule has 1 aromatic carbocycles. The van der Waals surface area contributed by atoms with Gasteiger partial charge in [-0.15, -0.1) is 6.42 Å². The molecule has 4 heteroatoms. The summed E-state index contributed by atoms with van der Waals surface area (Å²) in [5.41, 5.74) is -1.13. The second-order valence-electron chi connectivity index (χ2n) is 5.63. The molecular weight excluding hydrogens is 252 g/mol. The number of carbonyl (C=O) groups excluding carboxylic acids is 2. The van der Waals surface area contributed by atoms with Crippen LogP contribution in [0.25, 0.3) is 0 Å². The van der Waals surface area contributed by atoms with Crippen molar-refractivity contribution < 1.29 is 9.59 Å². The summed E-state index contributed by atoms with van der Waals surface area (Å²) < 4.78 is 0. The summed E-state index contributed by atoms with van der Waals surface area (Å²) in [6.07, 6.45) is 5.50. The maximum absolute atomic E-state index is 12.8. The second kappa shape index (κ2) is 4.68. The average molecular weight is 270 g/mol. The van der Waals surface area contributed by atoms with Gasteiger partial charge in [0, 0.05) is 0 Å². The van der Waals surface area contributed by atoms with Crippen LogP contribution in [0.2, 0.25) is 0 Å². The van der Waals surface area contributed by atoms with Gasteiger partial charge in [0.25, 0.3) is 5.91 Å². The van der Waals surface area contributed by atoms with Gasteiger partial charge in [0.1, 0.15) is 12.1 Å². The van der Waals surface area contributed by atoms with Gasteiger partial charge in [-0.3, -0.25) is 9.59 Å². The summed E-state index contributed by atoms with van der Waals surface area (Å²) in [7, 11) is 0. The van der Waals surface area contributed by atoms with Crippen molar-refractivity contribution in [1.82, 2.24) is 10.2 Å². The van der Waals surface area contributed by atoms with Gasteiger partial charge in [0.05, 0.1) is 5.54 Å². The molecule has 0 aliphatic carbocycles. The topological polar surface area (TPSA) is 49.4 Å². The number of terminal acetylenes is 1. The van der Waals surface area contributed by atoms with Crippen LogP contribution in [0.5, 0.6) is 0 Å². The van der Waals surface area contributed by atoms with Gasteiger partial charge in [0.2, 0.25) is 5.91 Å². The molecule has 0 spiro atoms. The van der Waals surface area contributed by atoms with E-state index in [1.54, 1.807) is 20.8 Å². The Labute approximate surface area is 119 Å². The Morgan fingerprint density at radius 3 is 2.45 bits per heavy atom. The summed E-state index contributed by atoms with van der Waals surface area (Å²) in [5.74, 6) is 2.18. The van der Waals surface area contributed by atoms with Gasteiger partial charge < -0.3 is 10.2 Å². The minimum Gasteiger partial charge on any atom is -0.337 e. The molecule has 1 heterocycles. The predicted molar refractivity (Wildman–Crippen MR) is 76.6 cm³/mol. The third-order valence-electron chi connectivity index (χ3n) is 3.74. The first-order chi connectivity index (χ1) is 9.31. The highest BCUT2D eigenvalue weighted by Crippen LogP contribution is 2.29. The van der Waals surface area contributed by atoms with Crippen LogP contribution < -0.4 is 5.32 Å². The van der Waals surface area contributed by atoms with Crippen LogP contribution in [-0.2, 0) is 15.1 Å². The molecule has 2 rings (SSSR count). The summed E-state index contributed by atoms with van der Waals surface area (Å²) >= 11 is 0. The first kappa shape index (κ1) is 14.1. The molecule has 0 bridgehead atoms. The maximum Gasteiger partial charge on any atom is 0.254 e. The molecule has 1 N–H and O–H groups in total. The Bertz CT molecular complexity index is 586. The van der Waals surface area contributed by atoms with E-state index in [1.807, 2.05) is 30.3 Å². The fourth-order valence-corrected chi connectivity index (χ4v) is 2.35. The smallest absolute Gasteiger partial charge is 0.254 e. The quantitative estimate of drug-likeness (QED) is 0.823. The van der Waals surface area contributed by atoms with Crippen LogP contribution in [0, 0.1) is 12.3 Å². The van der Waals surface area contributed by atoms with Gasteiger partial charge in [-0.05, 0) is 26.3 Å². The lowest BCUT2D eigenvalue weighted by Gasteiger charge is -2.45. The highest BCUT2D eigenvalue weighted by molar-refractivity contribution is 5.99. The van der Waals surface area contributed by atoms with E-state index < -0.39 is 11.1 Å². The zero-order valence-electron chi connectivity index (χ0n) is 11.9. The predicted octanol–water partition coefficient (Wildman–Crippen LogP) is 1.27. The number of piperazine rings is 1. The molecule has 4 nitrogen and oxygen atoms in total. The van der Waals surface area contributed by atoms with Gasteiger partial charge in [-0.2, -0.15) is 0 Å². The highest BCUT2D eigenvalue weighted by Gasteiger charge is 2.48. The molecule has 0 saturated carbocycles. The first-order valence-electron chi connectivity index (χ1n) is 6.47. The SMILES string of the molecule is C#CC(C)(C)N1CC(=O)NC(C)(c2ccccc2)C1=O. The number of nitrogens with zero attached hydrogens (tertiary/aromatic N) is 1. The van der Waals surface area contributed by atoms with E-state index in [0.29, 0.717) is 0 Å². The Kier molecular flexibility index (Phi) is 3.31. The van der Waals surface area contributed by atoms with E-state index in [-0.39, 0.29) is 18.4 Å². The molecule has 0 aromatic heterocycles. The lowest BCUT2D eigenvalue weighted by molar-refractivity contribution is -0.153. The molecule has 104 valence electrons. The summed E-state index contributed by atoms with van der Waals surface area (Å²) in [4.78, 5) is 26.3. The third-order valence-corrected chi connectivity index (χ3v) is 3.74. The Hall–Kier alpha value is -2.28. The minimum absolute atomic E-state index is 0.0154. The molecule has 2 amide bonds. The summed E-state index contributed by atoms with van der Waals surface area (Å²) in [5, 5.41) is 2.79. The first-order valence-corrected chi connectivity index (χ1v) is 6.47. The molecule has 20 heavy (non-hydrogen) atoms. The van der Waals surface area contributed by atoms with Crippen LogP contribution in [0.1, 0.15) is 26.3 Å². The number of rotatable bonds is 2. The van der Waals surface area contributed by atoms with Crippen molar-refractivity contribution in [1.29, 1.82) is 0 Å². The molecule has 1 atom stereocenters. The van der Waals surface area contributed by atoms with Crippen molar-refractivity contribution in [3.63, 3.8) is 0 Å². The molecule has 1 aliphatic heterocycles. The fraction of sp³-hybridized carbons (Fsp3) is 0.375. The van der Waals surface area contributed by atoms with Crippen LogP contribution in [0.3, 0.4) is 0 Å². The normalized spacial score (nSPS) is 23.2. The van der Waals surface area contributed by atoms with Gasteiger partial charge in [-0.1, -0.05) is 36.3 Å². The van der Waals surface area contributed by atoms with Crippen molar-refractivity contribution in [2.75, 3.05) is 6.54 Å². The fourth-order valence-electron chi connectivity index (χ4n) is 2.35. The molecule has 1 unspecified atom stereocenters. The zero-order valence-corrected chi connectivity index (χ0v) is 11.9. The van der Waals surface area contributed by atoms with Crippen molar-refractivity contribution in [3.05, 3.63) is 35.9 Å². The largest absolute Gasteiger partial charge is 0.337 e. The number of carbonyl (C=O) groups is 2. The Morgan fingerprint density at radius 1 is 1.30 bits per heavy atom. The van der Waals surface area contributed by atoms with E-state index in [9.17, 15) is 9.59 Å². The third kappa shape index (κ3) is 2.16. The van der Waals surface area contributed by atoms with Crippen molar-refractivity contribution in [2.45, 2.75) is 31.8 Å². The van der Waals surface area contributed by atoms with E-state index in [0.717, 1.165) is 5.56 Å². The van der Waals surface area contributed by atoms with E-state index in [2.05, 4.69) is 11.2 Å². The number of nitrogens with one attached hydrogen (secondary N) is 1. The van der Waals surface area contributed by atoms with E-state index in [4.69, 9.17) is 6.42 Å². The average Bonchev–Trinajstić information content (AvgIpc) is 2.43. The van der Waals surface area contributed by atoms with Gasteiger partial charge in [-0.25, -0.2) is 0 Å². The Morgan fingerprint density at radius 2 is 1.90 bits per heavy atom. The minimum atomic E-state index is -1.08. The van der Waals surface area contributed by atoms with Crippen LogP contribution in [0.4, 0.5) is 0 Å². The number of hydrogen-bond acceptors (Lipinski definition) is 2. The summed E-state index contributed by atoms with van der Waals surface area (Å²) in [6, 6.07) is 9.19. The lowest BCUT2D eigenvalue weighted by Crippen LogP contribution is -2.67. The molecule has 0 radical (unpaired) electrons.